The summed E-state index contributed by atoms with van der Waals surface area (Å²) in [5.74, 6) is 0. The van der Waals surface area contributed by atoms with Crippen molar-refractivity contribution in [1.29, 1.82) is 0 Å². The molecule has 0 aliphatic rings. The molecule has 0 aliphatic carbocycles. The van der Waals surface area contributed by atoms with Crippen LogP contribution in [-0.4, -0.2) is 0 Å². The highest BCUT2D eigenvalue weighted by molar-refractivity contribution is 5.35. The Kier molecular flexibility index (Phi) is 9.86. The van der Waals surface area contributed by atoms with Crippen molar-refractivity contribution in [2.75, 3.05) is 0 Å². The molecule has 1 aromatic carbocycles. The van der Waals surface area contributed by atoms with Gasteiger partial charge in [0.25, 0.3) is 0 Å². The molecule has 1 aromatic rings. The van der Waals surface area contributed by atoms with E-state index in [1.165, 1.54) is 22.3 Å². The van der Waals surface area contributed by atoms with E-state index in [1.54, 1.807) is 0 Å². The highest BCUT2D eigenvalue weighted by Gasteiger charge is 1.95. The molecule has 0 aromatic heterocycles. The van der Waals surface area contributed by atoms with Gasteiger partial charge in [0.1, 0.15) is 0 Å². The number of hydrogen-bond acceptors (Lipinski definition) is 0. The third kappa shape index (κ3) is 5.06. The fraction of sp³-hybridized carbons (Fsp3) is 0.571. The monoisotopic (exact) mass is 194 g/mol. The predicted molar refractivity (Wildman–Crippen MR) is 68.1 cm³/mol. The van der Waals surface area contributed by atoms with Crippen LogP contribution in [0.25, 0.3) is 0 Å². The summed E-state index contributed by atoms with van der Waals surface area (Å²) in [6.45, 7) is 16.6. The predicted octanol–water partition coefficient (Wildman–Crippen LogP) is 4.97. The second-order valence-electron chi connectivity index (χ2n) is 3.02. The highest BCUT2D eigenvalue weighted by atomic mass is 14.0. The summed E-state index contributed by atoms with van der Waals surface area (Å²) >= 11 is 0. The van der Waals surface area contributed by atoms with Crippen LogP contribution >= 0.6 is 0 Å². The van der Waals surface area contributed by atoms with E-state index >= 15 is 0 Å². The minimum absolute atomic E-state index is 1.36. The summed E-state index contributed by atoms with van der Waals surface area (Å²) in [6, 6.07) is 4.45. The van der Waals surface area contributed by atoms with Crippen LogP contribution in [0.1, 0.15) is 49.9 Å². The zero-order valence-corrected chi connectivity index (χ0v) is 11.2. The van der Waals surface area contributed by atoms with Gasteiger partial charge in [-0.1, -0.05) is 45.4 Å². The van der Waals surface area contributed by atoms with Crippen LogP contribution in [0.5, 0.6) is 0 Å². The molecule has 0 N–H and O–H groups in total. The van der Waals surface area contributed by atoms with Crippen molar-refractivity contribution >= 4 is 0 Å². The van der Waals surface area contributed by atoms with Crippen LogP contribution in [0.15, 0.2) is 12.1 Å². The number of benzene rings is 1. The lowest BCUT2D eigenvalue weighted by molar-refractivity contribution is 1.23. The van der Waals surface area contributed by atoms with E-state index in [0.29, 0.717) is 0 Å². The van der Waals surface area contributed by atoms with Crippen molar-refractivity contribution in [3.05, 3.63) is 34.4 Å². The van der Waals surface area contributed by atoms with E-state index in [0.717, 1.165) is 0 Å². The van der Waals surface area contributed by atoms with Crippen LogP contribution in [0.3, 0.4) is 0 Å². The minimum atomic E-state index is 1.36. The zero-order chi connectivity index (χ0) is 11.7. The van der Waals surface area contributed by atoms with E-state index in [4.69, 9.17) is 0 Å². The van der Waals surface area contributed by atoms with Crippen molar-refractivity contribution < 1.29 is 0 Å². The molecule has 0 nitrogen and oxygen atoms in total. The van der Waals surface area contributed by atoms with Gasteiger partial charge in [-0.2, -0.15) is 0 Å². The molecule has 0 atom stereocenters. The van der Waals surface area contributed by atoms with Crippen LogP contribution in [0.4, 0.5) is 0 Å². The zero-order valence-electron chi connectivity index (χ0n) is 11.2. The molecular weight excluding hydrogens is 168 g/mol. The van der Waals surface area contributed by atoms with Crippen LogP contribution in [0, 0.1) is 27.7 Å². The van der Waals surface area contributed by atoms with Gasteiger partial charge in [-0.3, -0.25) is 0 Å². The number of rotatable bonds is 0. The van der Waals surface area contributed by atoms with E-state index in [-0.39, 0.29) is 0 Å². The standard InChI is InChI=1S/C10H14.2C2H6/c1-7-5-8(2)10(4)9(3)6-7;2*1-2/h5-6H,1-4H3;2*1-2H3. The molecule has 14 heavy (non-hydrogen) atoms. The Balaban J connectivity index is 0. The van der Waals surface area contributed by atoms with E-state index < -0.39 is 0 Å². The van der Waals surface area contributed by atoms with Gasteiger partial charge < -0.3 is 0 Å². The van der Waals surface area contributed by atoms with Gasteiger partial charge in [0, 0.05) is 0 Å². The van der Waals surface area contributed by atoms with Crippen LogP contribution in [0.2, 0.25) is 0 Å². The Morgan fingerprint density at radius 2 is 0.929 bits per heavy atom. The lowest BCUT2D eigenvalue weighted by atomic mass is 10.0. The third-order valence-electron chi connectivity index (χ3n) is 2.07. The Morgan fingerprint density at radius 3 is 1.21 bits per heavy atom. The lowest BCUT2D eigenvalue weighted by Gasteiger charge is -2.04. The summed E-state index contributed by atoms with van der Waals surface area (Å²) in [6.07, 6.45) is 0. The van der Waals surface area contributed by atoms with Crippen LogP contribution in [-0.2, 0) is 0 Å². The fourth-order valence-corrected chi connectivity index (χ4v) is 1.25. The Labute approximate surface area is 90.4 Å². The maximum Gasteiger partial charge on any atom is -0.0392 e. The van der Waals surface area contributed by atoms with Gasteiger partial charge in [0.05, 0.1) is 0 Å². The summed E-state index contributed by atoms with van der Waals surface area (Å²) in [5, 5.41) is 0. The first-order valence-electron chi connectivity index (χ1n) is 5.65. The molecule has 0 amide bonds. The summed E-state index contributed by atoms with van der Waals surface area (Å²) < 4.78 is 0. The van der Waals surface area contributed by atoms with E-state index in [1.807, 2.05) is 27.7 Å². The van der Waals surface area contributed by atoms with Gasteiger partial charge in [-0.05, 0) is 44.4 Å². The Morgan fingerprint density at radius 1 is 0.643 bits per heavy atom. The average Bonchev–Trinajstić information content (AvgIpc) is 2.20. The second kappa shape index (κ2) is 8.80. The van der Waals surface area contributed by atoms with E-state index in [2.05, 4.69) is 39.8 Å². The smallest absolute Gasteiger partial charge is 0.0392 e. The SMILES string of the molecule is CC.CC.Cc1cc(C)c(C)c(C)c1. The molecule has 0 radical (unpaired) electrons. The van der Waals surface area contributed by atoms with Crippen molar-refractivity contribution in [2.45, 2.75) is 55.4 Å². The molecule has 0 aliphatic heterocycles. The molecule has 0 saturated carbocycles. The van der Waals surface area contributed by atoms with Crippen LogP contribution < -0.4 is 0 Å². The number of hydrogen-bond donors (Lipinski definition) is 0. The second-order valence-corrected chi connectivity index (χ2v) is 3.02. The molecular formula is C14H26. The Hall–Kier alpha value is -0.780. The topological polar surface area (TPSA) is 0 Å². The fourth-order valence-electron chi connectivity index (χ4n) is 1.25. The van der Waals surface area contributed by atoms with Crippen molar-refractivity contribution in [3.8, 4) is 0 Å². The normalized spacial score (nSPS) is 8.00. The van der Waals surface area contributed by atoms with E-state index in [9.17, 15) is 0 Å². The lowest BCUT2D eigenvalue weighted by Crippen LogP contribution is -1.86. The molecule has 0 fully saturated rings. The van der Waals surface area contributed by atoms with Crippen molar-refractivity contribution in [2.24, 2.45) is 0 Å². The average molecular weight is 194 g/mol. The molecule has 0 bridgehead atoms. The molecule has 0 heteroatoms. The molecule has 0 unspecified atom stereocenters. The summed E-state index contributed by atoms with van der Waals surface area (Å²) in [4.78, 5) is 0. The summed E-state index contributed by atoms with van der Waals surface area (Å²) in [5.41, 5.74) is 5.58. The largest absolute Gasteiger partial charge is 0.0683 e. The van der Waals surface area contributed by atoms with Gasteiger partial charge in [0.15, 0.2) is 0 Å². The highest BCUT2D eigenvalue weighted by Crippen LogP contribution is 2.13. The van der Waals surface area contributed by atoms with Gasteiger partial charge in [0.2, 0.25) is 0 Å². The molecule has 1 rings (SSSR count). The van der Waals surface area contributed by atoms with Gasteiger partial charge in [-0.15, -0.1) is 0 Å². The quantitative estimate of drug-likeness (QED) is 0.547. The molecule has 0 heterocycles. The maximum atomic E-state index is 2.22. The Bertz CT molecular complexity index is 223. The first-order chi connectivity index (χ1) is 6.61. The van der Waals surface area contributed by atoms with Gasteiger partial charge >= 0.3 is 0 Å². The minimum Gasteiger partial charge on any atom is -0.0683 e. The summed E-state index contributed by atoms with van der Waals surface area (Å²) in [7, 11) is 0. The van der Waals surface area contributed by atoms with Crippen molar-refractivity contribution in [3.63, 3.8) is 0 Å². The van der Waals surface area contributed by atoms with Crippen molar-refractivity contribution in [1.82, 2.24) is 0 Å². The molecule has 82 valence electrons. The first-order valence-corrected chi connectivity index (χ1v) is 5.65. The number of aryl methyl sites for hydroxylation is 3. The molecule has 0 spiro atoms. The third-order valence-corrected chi connectivity index (χ3v) is 2.07. The maximum absolute atomic E-state index is 2.22. The first kappa shape index (κ1) is 15.7. The molecule has 0 saturated heterocycles. The van der Waals surface area contributed by atoms with Gasteiger partial charge in [-0.25, -0.2) is 0 Å².